The number of H-pyrrole nitrogens is 2. The Morgan fingerprint density at radius 2 is 1.24 bits per heavy atom. The number of likely N-dealkylation sites (tertiary alicyclic amines) is 2. The van der Waals surface area contributed by atoms with Gasteiger partial charge in [-0.2, -0.15) is 0 Å². The van der Waals surface area contributed by atoms with E-state index in [9.17, 15) is 24.3 Å². The first-order valence-electron chi connectivity index (χ1n) is 18.5. The lowest BCUT2D eigenvalue weighted by Gasteiger charge is -2.29. The number of nitrogens with zero attached hydrogens (tertiary/aromatic N) is 4. The molecule has 2 saturated heterocycles. The minimum absolute atomic E-state index is 0.123. The number of aromatic nitrogens is 4. The van der Waals surface area contributed by atoms with Gasteiger partial charge in [0.2, 0.25) is 11.8 Å². The molecule has 15 nitrogen and oxygen atoms in total. The smallest absolute Gasteiger partial charge is 0.407 e. The van der Waals surface area contributed by atoms with E-state index >= 15 is 0 Å². The lowest BCUT2D eigenvalue weighted by atomic mass is 10.0. The number of carboxylic acid groups (broad SMARTS) is 1. The molecule has 2 aliphatic rings. The Bertz CT molecular complexity index is 2200. The predicted octanol–water partition coefficient (Wildman–Crippen LogP) is 6.37. The zero-order valence-electron chi connectivity index (χ0n) is 31.0. The third-order valence-electron chi connectivity index (χ3n) is 10.6. The summed E-state index contributed by atoms with van der Waals surface area (Å²) in [6.45, 7) is 8.53. The highest BCUT2D eigenvalue weighted by Crippen LogP contribution is 2.37. The first-order chi connectivity index (χ1) is 25.9. The average Bonchev–Trinajstić information content (AvgIpc) is 4.00. The summed E-state index contributed by atoms with van der Waals surface area (Å²) in [6, 6.07) is 9.87. The fourth-order valence-corrected chi connectivity index (χ4v) is 7.74. The molecule has 2 aromatic carbocycles. The molecule has 1 unspecified atom stereocenters. The number of hydrogen-bond acceptors (Lipinski definition) is 8. The molecule has 5 aromatic rings. The maximum absolute atomic E-state index is 13.6. The van der Waals surface area contributed by atoms with Gasteiger partial charge in [-0.3, -0.25) is 9.59 Å². The minimum Gasteiger partial charge on any atom is -0.465 e. The van der Waals surface area contributed by atoms with Gasteiger partial charge in [0.25, 0.3) is 0 Å². The Balaban J connectivity index is 1.09. The van der Waals surface area contributed by atoms with Crippen LogP contribution >= 0.6 is 0 Å². The first kappa shape index (κ1) is 36.5. The zero-order chi connectivity index (χ0) is 38.3. The van der Waals surface area contributed by atoms with Gasteiger partial charge in [0.15, 0.2) is 0 Å². The number of rotatable bonds is 10. The van der Waals surface area contributed by atoms with Crippen molar-refractivity contribution in [3.05, 3.63) is 60.4 Å². The van der Waals surface area contributed by atoms with Gasteiger partial charge in [-0.1, -0.05) is 39.8 Å². The van der Waals surface area contributed by atoms with Gasteiger partial charge in [0.1, 0.15) is 34.9 Å². The maximum Gasteiger partial charge on any atom is 0.407 e. The van der Waals surface area contributed by atoms with E-state index in [0.29, 0.717) is 41.6 Å². The van der Waals surface area contributed by atoms with Gasteiger partial charge in [-0.05, 0) is 61.8 Å². The number of aromatic amines is 2. The molecule has 4 amide bonds. The number of imidazole rings is 2. The average molecular weight is 739 g/mol. The van der Waals surface area contributed by atoms with Crippen LogP contribution in [0.4, 0.5) is 9.59 Å². The number of amides is 4. The number of benzene rings is 2. The molecule has 2 aliphatic heterocycles. The maximum atomic E-state index is 13.6. The lowest BCUT2D eigenvalue weighted by molar-refractivity contribution is -0.136. The first-order valence-corrected chi connectivity index (χ1v) is 18.5. The largest absolute Gasteiger partial charge is 0.465 e. The van der Waals surface area contributed by atoms with Crippen LogP contribution in [0, 0.1) is 11.8 Å². The van der Waals surface area contributed by atoms with Crippen LogP contribution in [0.5, 0.6) is 0 Å². The van der Waals surface area contributed by atoms with Crippen LogP contribution < -0.4 is 10.6 Å². The number of methoxy groups -OCH3 is 1. The molecule has 0 radical (unpaired) electrons. The number of carbonyl (C=O) groups excluding carboxylic acids is 3. The molecule has 7 rings (SSSR count). The van der Waals surface area contributed by atoms with Crippen molar-refractivity contribution < 1.29 is 33.4 Å². The summed E-state index contributed by atoms with van der Waals surface area (Å²) in [7, 11) is 1.28. The van der Waals surface area contributed by atoms with Crippen LogP contribution in [0.15, 0.2) is 53.2 Å². The van der Waals surface area contributed by atoms with E-state index in [0.717, 1.165) is 53.3 Å². The van der Waals surface area contributed by atoms with Crippen LogP contribution in [0.2, 0.25) is 0 Å². The summed E-state index contributed by atoms with van der Waals surface area (Å²) in [5, 5.41) is 16.3. The molecule has 5 N–H and O–H groups in total. The third kappa shape index (κ3) is 6.97. The highest BCUT2D eigenvalue weighted by atomic mass is 16.5. The molecule has 54 heavy (non-hydrogen) atoms. The standard InChI is InChI=1S/C39H46N8O7/c1-20(2)32(44-38(50)51)36(48)46-14-6-8-28(46)34-40-18-26(42-34)22-10-12-24-25-13-11-23(17-31(25)54-30(24)16-22)27-19-41-35(43-27)29-9-7-15-47(29)37(49)33(21(3)4)45-39(52)53-5/h10-13,16-21,28-29,32-33,44H,6-9,14-15H2,1-5H3,(H,40,42)(H,41,43)(H,45,52)(H,50,51)/t28-,29?,32-,33-/m0/s1. The fraction of sp³-hybridized carbons (Fsp3) is 0.436. The lowest BCUT2D eigenvalue weighted by Crippen LogP contribution is -2.51. The van der Waals surface area contributed by atoms with Crippen molar-refractivity contribution in [1.29, 1.82) is 0 Å². The number of alkyl carbamates (subject to hydrolysis) is 1. The van der Waals surface area contributed by atoms with E-state index in [1.165, 1.54) is 7.11 Å². The Hall–Kier alpha value is -5.86. The normalized spacial score (nSPS) is 18.5. The molecule has 284 valence electrons. The topological polar surface area (TPSA) is 199 Å². The van der Waals surface area contributed by atoms with Crippen molar-refractivity contribution in [2.75, 3.05) is 20.2 Å². The summed E-state index contributed by atoms with van der Waals surface area (Å²) < 4.78 is 11.1. The van der Waals surface area contributed by atoms with Crippen LogP contribution in [0.3, 0.4) is 0 Å². The number of furan rings is 1. The number of carbonyl (C=O) groups is 4. The molecular weight excluding hydrogens is 692 g/mol. The second-order valence-electron chi connectivity index (χ2n) is 14.8. The molecule has 4 atom stereocenters. The minimum atomic E-state index is -1.22. The van der Waals surface area contributed by atoms with Gasteiger partial charge in [0, 0.05) is 47.4 Å². The van der Waals surface area contributed by atoms with Crippen molar-refractivity contribution in [2.45, 2.75) is 77.5 Å². The fourth-order valence-electron chi connectivity index (χ4n) is 7.74. The molecular formula is C39H46N8O7. The Morgan fingerprint density at radius 3 is 1.67 bits per heavy atom. The van der Waals surface area contributed by atoms with Crippen LogP contribution in [0.25, 0.3) is 44.5 Å². The SMILES string of the molecule is COC(=O)N[C@H](C(=O)N1CCCC1c1nc(-c2ccc3c(c2)oc2cc(-c4c[nH]c([C@@H]5CCCN5C(=O)[C@@H](NC(=O)O)C(C)C)n4)ccc23)c[nH]1)C(C)C. The van der Waals surface area contributed by atoms with Gasteiger partial charge in [-0.15, -0.1) is 0 Å². The van der Waals surface area contributed by atoms with E-state index in [2.05, 4.69) is 20.6 Å². The third-order valence-corrected chi connectivity index (χ3v) is 10.6. The Kier molecular flexibility index (Phi) is 10.1. The van der Waals surface area contributed by atoms with Crippen molar-refractivity contribution >= 4 is 45.9 Å². The monoisotopic (exact) mass is 738 g/mol. The summed E-state index contributed by atoms with van der Waals surface area (Å²) >= 11 is 0. The highest BCUT2D eigenvalue weighted by Gasteiger charge is 2.39. The Morgan fingerprint density at radius 1 is 0.778 bits per heavy atom. The molecule has 0 bridgehead atoms. The summed E-state index contributed by atoms with van der Waals surface area (Å²) in [5.41, 5.74) is 4.54. The highest BCUT2D eigenvalue weighted by molar-refractivity contribution is 6.06. The number of ether oxygens (including phenoxy) is 1. The molecule has 5 heterocycles. The molecule has 0 aliphatic carbocycles. The van der Waals surface area contributed by atoms with E-state index in [1.54, 1.807) is 9.80 Å². The summed E-state index contributed by atoms with van der Waals surface area (Å²) in [4.78, 5) is 70.2. The van der Waals surface area contributed by atoms with E-state index in [1.807, 2.05) is 76.5 Å². The zero-order valence-corrected chi connectivity index (χ0v) is 31.0. The Labute approximate surface area is 311 Å². The number of hydrogen-bond donors (Lipinski definition) is 5. The van der Waals surface area contributed by atoms with Gasteiger partial charge in [0.05, 0.1) is 30.6 Å². The second-order valence-corrected chi connectivity index (χ2v) is 14.8. The van der Waals surface area contributed by atoms with Crippen molar-refractivity contribution in [1.82, 2.24) is 40.4 Å². The molecule has 15 heteroatoms. The van der Waals surface area contributed by atoms with Crippen molar-refractivity contribution in [3.8, 4) is 22.5 Å². The van der Waals surface area contributed by atoms with Gasteiger partial charge in [-0.25, -0.2) is 19.6 Å². The van der Waals surface area contributed by atoms with E-state index in [4.69, 9.17) is 19.1 Å². The quantitative estimate of drug-likeness (QED) is 0.108. The predicted molar refractivity (Wildman–Crippen MR) is 200 cm³/mol. The second kappa shape index (κ2) is 14.9. The van der Waals surface area contributed by atoms with Gasteiger partial charge < -0.3 is 44.7 Å². The van der Waals surface area contributed by atoms with Crippen LogP contribution in [0.1, 0.15) is 77.1 Å². The molecule has 0 spiro atoms. The van der Waals surface area contributed by atoms with Crippen LogP contribution in [-0.2, 0) is 14.3 Å². The van der Waals surface area contributed by atoms with Crippen molar-refractivity contribution in [2.24, 2.45) is 11.8 Å². The summed E-state index contributed by atoms with van der Waals surface area (Å²) in [6.07, 6.45) is 4.90. The molecule has 2 fully saturated rings. The number of nitrogens with one attached hydrogen (secondary N) is 4. The molecule has 0 saturated carbocycles. The molecule has 3 aromatic heterocycles. The van der Waals surface area contributed by atoms with Gasteiger partial charge >= 0.3 is 12.2 Å². The van der Waals surface area contributed by atoms with Crippen LogP contribution in [-0.4, -0.2) is 91.1 Å². The van der Waals surface area contributed by atoms with E-state index in [-0.39, 0.29) is 35.7 Å². The summed E-state index contributed by atoms with van der Waals surface area (Å²) in [5.74, 6) is 0.609. The van der Waals surface area contributed by atoms with Crippen molar-refractivity contribution in [3.63, 3.8) is 0 Å². The van der Waals surface area contributed by atoms with E-state index < -0.39 is 24.3 Å². The number of fused-ring (bicyclic) bond motifs is 3.